The molecule has 3 aromatic rings. The largest absolute Gasteiger partial charge is 0.368 e. The van der Waals surface area contributed by atoms with Crippen molar-refractivity contribution in [3.8, 4) is 0 Å². The Morgan fingerprint density at radius 2 is 1.91 bits per heavy atom. The van der Waals surface area contributed by atoms with Gasteiger partial charge in [-0.05, 0) is 49.9 Å². The molecule has 0 spiro atoms. The van der Waals surface area contributed by atoms with Crippen molar-refractivity contribution in [1.29, 1.82) is 0 Å². The number of hydrogen-bond donors (Lipinski definition) is 2. The lowest BCUT2D eigenvalue weighted by molar-refractivity contribution is 0.0958. The monoisotopic (exact) mass is 466 g/mol. The molecule has 3 aromatic heterocycles. The van der Waals surface area contributed by atoms with Crippen LogP contribution < -0.4 is 15.8 Å². The maximum Gasteiger partial charge on any atom is 0.269 e. The lowest BCUT2D eigenvalue weighted by Crippen LogP contribution is -2.46. The van der Waals surface area contributed by atoms with Gasteiger partial charge in [-0.25, -0.2) is 4.98 Å². The van der Waals surface area contributed by atoms with E-state index in [0.717, 1.165) is 85.5 Å². The summed E-state index contributed by atoms with van der Waals surface area (Å²) in [5.41, 5.74) is 6.45. The Morgan fingerprint density at radius 1 is 1.15 bits per heavy atom. The van der Waals surface area contributed by atoms with Crippen molar-refractivity contribution in [2.24, 2.45) is 0 Å². The number of amides is 1. The molecule has 8 nitrogen and oxygen atoms in total. The van der Waals surface area contributed by atoms with E-state index < -0.39 is 0 Å². The van der Waals surface area contributed by atoms with Crippen LogP contribution in [0.5, 0.6) is 0 Å². The van der Waals surface area contributed by atoms with Crippen LogP contribution in [0.2, 0.25) is 0 Å². The maximum absolute atomic E-state index is 12.4. The fourth-order valence-electron chi connectivity index (χ4n) is 4.94. The number of carbonyl (C=O) groups excluding carboxylic acids is 1. The van der Waals surface area contributed by atoms with Gasteiger partial charge in [0.2, 0.25) is 0 Å². The number of hydrogen-bond acceptors (Lipinski definition) is 6. The molecular formula is C24H30N6O2S. The van der Waals surface area contributed by atoms with Crippen molar-refractivity contribution in [2.45, 2.75) is 32.7 Å². The summed E-state index contributed by atoms with van der Waals surface area (Å²) in [4.78, 5) is 41.1. The number of nitrogens with zero attached hydrogens (tertiary/aromatic N) is 4. The zero-order chi connectivity index (χ0) is 22.2. The van der Waals surface area contributed by atoms with Crippen LogP contribution in [-0.4, -0.2) is 59.0 Å². The molecule has 33 heavy (non-hydrogen) atoms. The lowest BCUT2D eigenvalue weighted by Gasteiger charge is -2.36. The lowest BCUT2D eigenvalue weighted by atomic mass is 10.1. The van der Waals surface area contributed by atoms with Crippen LogP contribution in [0.1, 0.15) is 39.4 Å². The first-order valence-corrected chi connectivity index (χ1v) is 11.2. The van der Waals surface area contributed by atoms with E-state index in [1.807, 2.05) is 25.3 Å². The van der Waals surface area contributed by atoms with Gasteiger partial charge in [-0.1, -0.05) is 0 Å². The summed E-state index contributed by atoms with van der Waals surface area (Å²) in [5.74, 6) is -0.168. The number of aromatic nitrogens is 3. The van der Waals surface area contributed by atoms with Crippen molar-refractivity contribution in [2.75, 3.05) is 38.1 Å². The summed E-state index contributed by atoms with van der Waals surface area (Å²) >= 11 is 0. The molecule has 0 radical (unpaired) electrons. The Bertz CT molecular complexity index is 1250. The fourth-order valence-corrected chi connectivity index (χ4v) is 4.94. The summed E-state index contributed by atoms with van der Waals surface area (Å²) in [6, 6.07) is 5.81. The predicted molar refractivity (Wildman–Crippen MR) is 135 cm³/mol. The third kappa shape index (κ3) is 4.47. The summed E-state index contributed by atoms with van der Waals surface area (Å²) in [7, 11) is 1.61. The molecule has 9 heteroatoms. The zero-order valence-electron chi connectivity index (χ0n) is 19.1. The number of anilines is 1. The second-order valence-electron chi connectivity index (χ2n) is 8.63. The SMILES string of the molecule is CNC(=O)c1ccc(N2CCN(Cc3cc4[nH]c(=O)c5c(c4cn3)CCC5)CC2)c(C)n1.S. The van der Waals surface area contributed by atoms with E-state index in [2.05, 4.69) is 25.1 Å². The first-order valence-electron chi connectivity index (χ1n) is 11.2. The average molecular weight is 467 g/mol. The number of nitrogens with one attached hydrogen (secondary N) is 2. The summed E-state index contributed by atoms with van der Waals surface area (Å²) in [6.45, 7) is 6.31. The van der Waals surface area contributed by atoms with Gasteiger partial charge in [0.15, 0.2) is 0 Å². The Morgan fingerprint density at radius 3 is 2.64 bits per heavy atom. The van der Waals surface area contributed by atoms with E-state index in [4.69, 9.17) is 4.98 Å². The molecule has 1 aliphatic heterocycles. The molecular weight excluding hydrogens is 436 g/mol. The number of H-pyrrole nitrogens is 1. The topological polar surface area (TPSA) is 94.2 Å². The number of carbonyl (C=O) groups is 1. The Hall–Kier alpha value is -2.91. The van der Waals surface area contributed by atoms with Gasteiger partial charge < -0.3 is 15.2 Å². The van der Waals surface area contributed by atoms with Gasteiger partial charge in [0.25, 0.3) is 11.5 Å². The smallest absolute Gasteiger partial charge is 0.269 e. The molecule has 0 atom stereocenters. The normalized spacial score (nSPS) is 15.9. The van der Waals surface area contributed by atoms with Crippen molar-refractivity contribution < 1.29 is 4.79 Å². The van der Waals surface area contributed by atoms with Gasteiger partial charge in [0.1, 0.15) is 5.69 Å². The quantitative estimate of drug-likeness (QED) is 0.610. The number of fused-ring (bicyclic) bond motifs is 3. The number of rotatable bonds is 4. The second kappa shape index (κ2) is 9.52. The van der Waals surface area contributed by atoms with E-state index in [1.165, 1.54) is 5.56 Å². The Balaban J connectivity index is 0.00000259. The molecule has 2 N–H and O–H groups in total. The second-order valence-corrected chi connectivity index (χ2v) is 8.63. The van der Waals surface area contributed by atoms with Gasteiger partial charge in [0.05, 0.1) is 22.6 Å². The van der Waals surface area contributed by atoms with Crippen LogP contribution in [-0.2, 0) is 19.4 Å². The molecule has 2 aliphatic rings. The van der Waals surface area contributed by atoms with Crippen LogP contribution in [0.3, 0.4) is 0 Å². The molecule has 1 fully saturated rings. The van der Waals surface area contributed by atoms with Crippen molar-refractivity contribution in [3.05, 3.63) is 63.0 Å². The first-order chi connectivity index (χ1) is 15.5. The third-order valence-corrected chi connectivity index (χ3v) is 6.64. The highest BCUT2D eigenvalue weighted by molar-refractivity contribution is 7.59. The first kappa shape index (κ1) is 23.3. The number of aryl methyl sites for hydroxylation is 2. The van der Waals surface area contributed by atoms with Gasteiger partial charge in [-0.2, -0.15) is 13.5 Å². The van der Waals surface area contributed by atoms with Crippen molar-refractivity contribution in [1.82, 2.24) is 25.2 Å². The van der Waals surface area contributed by atoms with Crippen LogP contribution in [0.4, 0.5) is 5.69 Å². The number of aromatic amines is 1. The Labute approximate surface area is 199 Å². The van der Waals surface area contributed by atoms with Crippen LogP contribution in [0, 0.1) is 6.92 Å². The minimum absolute atomic E-state index is 0. The molecule has 1 aliphatic carbocycles. The Kier molecular flexibility index (Phi) is 6.71. The summed E-state index contributed by atoms with van der Waals surface area (Å²) in [5, 5.41) is 3.71. The predicted octanol–water partition coefficient (Wildman–Crippen LogP) is 1.91. The fraction of sp³-hybridized carbons (Fsp3) is 0.417. The summed E-state index contributed by atoms with van der Waals surface area (Å²) in [6.07, 6.45) is 4.82. The van der Waals surface area contributed by atoms with Gasteiger partial charge in [0, 0.05) is 56.9 Å². The zero-order valence-corrected chi connectivity index (χ0v) is 20.1. The number of piperazine rings is 1. The molecule has 1 saturated heterocycles. The van der Waals surface area contributed by atoms with Crippen molar-refractivity contribution >= 4 is 36.0 Å². The van der Waals surface area contributed by atoms with E-state index in [1.54, 1.807) is 13.1 Å². The summed E-state index contributed by atoms with van der Waals surface area (Å²) < 4.78 is 0. The van der Waals surface area contributed by atoms with Gasteiger partial charge in [-0.15, -0.1) is 0 Å². The maximum atomic E-state index is 12.4. The van der Waals surface area contributed by atoms with Gasteiger partial charge in [-0.3, -0.25) is 19.5 Å². The van der Waals surface area contributed by atoms with E-state index in [9.17, 15) is 9.59 Å². The highest BCUT2D eigenvalue weighted by Gasteiger charge is 2.21. The average Bonchev–Trinajstić information content (AvgIpc) is 3.30. The van der Waals surface area contributed by atoms with E-state index >= 15 is 0 Å². The van der Waals surface area contributed by atoms with Crippen LogP contribution >= 0.6 is 13.5 Å². The number of pyridine rings is 3. The van der Waals surface area contributed by atoms with Gasteiger partial charge >= 0.3 is 0 Å². The molecule has 0 unspecified atom stereocenters. The highest BCUT2D eigenvalue weighted by Crippen LogP contribution is 2.26. The molecule has 0 bridgehead atoms. The van der Waals surface area contributed by atoms with Crippen LogP contribution in [0.15, 0.2) is 29.2 Å². The van der Waals surface area contributed by atoms with Crippen LogP contribution in [0.25, 0.3) is 10.9 Å². The molecule has 5 rings (SSSR count). The molecule has 0 saturated carbocycles. The van der Waals surface area contributed by atoms with Crippen molar-refractivity contribution in [3.63, 3.8) is 0 Å². The molecule has 4 heterocycles. The molecule has 1 amide bonds. The molecule has 174 valence electrons. The highest BCUT2D eigenvalue weighted by atomic mass is 32.1. The van der Waals surface area contributed by atoms with E-state index in [0.29, 0.717) is 5.69 Å². The standard InChI is InChI=1S/C24H28N6O2.H2S/c1-15-22(7-6-20(27-15)24(32)25-2)30-10-8-29(9-11-30)14-16-12-21-19(13-26-16)17-4-3-5-18(17)23(31)28-21;/h6-7,12-13H,3-5,8-11,14H2,1-2H3,(H,25,32)(H,28,31);1H2. The molecule has 0 aromatic carbocycles. The minimum atomic E-state index is -0.168. The third-order valence-electron chi connectivity index (χ3n) is 6.64. The minimum Gasteiger partial charge on any atom is -0.368 e. The van der Waals surface area contributed by atoms with E-state index in [-0.39, 0.29) is 25.0 Å².